The number of aliphatic hydroxyl groups excluding tert-OH is 4. The van der Waals surface area contributed by atoms with Crippen LogP contribution in [0.5, 0.6) is 0 Å². The van der Waals surface area contributed by atoms with Crippen molar-refractivity contribution >= 4 is 43.5 Å². The maximum atomic E-state index is 10.4. The van der Waals surface area contributed by atoms with E-state index in [1.165, 1.54) is 43.1 Å². The maximum absolute atomic E-state index is 10.4. The van der Waals surface area contributed by atoms with Gasteiger partial charge in [-0.05, 0) is 19.7 Å². The van der Waals surface area contributed by atoms with E-state index in [0.717, 1.165) is 0 Å². The monoisotopic (exact) mass is 1090 g/mol. The van der Waals surface area contributed by atoms with Gasteiger partial charge < -0.3 is 70.0 Å². The average Bonchev–Trinajstić information content (AvgIpc) is 3.85. The molecule has 60 heavy (non-hydrogen) atoms. The van der Waals surface area contributed by atoms with E-state index in [1.54, 1.807) is 27.7 Å². The summed E-state index contributed by atoms with van der Waals surface area (Å²) in [5.74, 6) is 1.82. The number of hydrogen-bond acceptors (Lipinski definition) is 22. The Hall–Kier alpha value is -4.42. The Morgan fingerprint density at radius 2 is 0.600 bits per heavy atom. The van der Waals surface area contributed by atoms with Gasteiger partial charge in [-0.15, -0.1) is 0 Å². The number of aromatic nitrogens is 8. The predicted molar refractivity (Wildman–Crippen MR) is 194 cm³/mol. The molecule has 348 valence electrons. The van der Waals surface area contributed by atoms with Crippen LogP contribution in [0.25, 0.3) is 0 Å². The molecule has 0 aliphatic rings. The van der Waals surface area contributed by atoms with Gasteiger partial charge >= 0.3 is 68.0 Å². The fourth-order valence-electron chi connectivity index (χ4n) is 3.91. The van der Waals surface area contributed by atoms with Gasteiger partial charge in [0.05, 0.1) is 46.7 Å². The Labute approximate surface area is 372 Å². The molecule has 4 aromatic heterocycles. The number of hydrogen-bond donors (Lipinski definition) is 4. The SMILES string of the molecule is CS(=O)(=O)[O-].CS(=O)(=O)[O-].Cc1ncc([N+](=O)[O-])n1CCO.Cc1ncc([N+](=O)[O-])n1CCO.Cc1ncc([N+](=O)[O-])n1CCO.Cc1ncc([N+](=O)[O-])n1CCO.[Ag+].[Ag+]. The van der Waals surface area contributed by atoms with Crippen LogP contribution in [0.1, 0.15) is 23.3 Å². The second-order valence-electron chi connectivity index (χ2n) is 10.6. The molecule has 0 bridgehead atoms. The molecule has 0 saturated heterocycles. The zero-order valence-corrected chi connectivity index (χ0v) is 36.9. The van der Waals surface area contributed by atoms with Crippen molar-refractivity contribution in [1.82, 2.24) is 38.2 Å². The maximum Gasteiger partial charge on any atom is 1.00 e. The van der Waals surface area contributed by atoms with Crippen molar-refractivity contribution < 1.29 is 111 Å². The van der Waals surface area contributed by atoms with E-state index in [0.29, 0.717) is 35.8 Å². The smallest absolute Gasteiger partial charge is 0.748 e. The van der Waals surface area contributed by atoms with E-state index in [9.17, 15) is 40.5 Å². The Kier molecular flexibility index (Phi) is 31.7. The minimum absolute atomic E-state index is 0. The fourth-order valence-corrected chi connectivity index (χ4v) is 3.91. The first-order chi connectivity index (χ1) is 26.7. The summed E-state index contributed by atoms with van der Waals surface area (Å²) in [6.07, 6.45) is 5.95. The van der Waals surface area contributed by atoms with E-state index in [2.05, 4.69) is 19.9 Å². The third-order valence-corrected chi connectivity index (χ3v) is 6.18. The molecule has 30 nitrogen and oxygen atoms in total. The minimum atomic E-state index is -3.92. The van der Waals surface area contributed by atoms with E-state index in [1.807, 2.05) is 0 Å². The van der Waals surface area contributed by atoms with Crippen molar-refractivity contribution in [2.45, 2.75) is 53.9 Å². The molecule has 0 amide bonds. The molecule has 0 saturated carbocycles. The van der Waals surface area contributed by atoms with Gasteiger partial charge in [-0.1, -0.05) is 0 Å². The molecule has 4 rings (SSSR count). The summed E-state index contributed by atoms with van der Waals surface area (Å²) in [6.45, 7) is 6.96. The molecule has 4 aromatic rings. The quantitative estimate of drug-likeness (QED) is 0.0553. The molecular formula is C26H42Ag2N12O18S2. The summed E-state index contributed by atoms with van der Waals surface area (Å²) < 4.78 is 59.9. The summed E-state index contributed by atoms with van der Waals surface area (Å²) in [5, 5.41) is 75.9. The van der Waals surface area contributed by atoms with E-state index < -0.39 is 39.9 Å². The molecule has 4 heterocycles. The van der Waals surface area contributed by atoms with Gasteiger partial charge in [-0.2, -0.15) is 0 Å². The summed E-state index contributed by atoms with van der Waals surface area (Å²) >= 11 is 0. The standard InChI is InChI=1S/4C6H9N3O3.2CH4O3S.2Ag/c4*1-5-7-4-6(9(11)12)8(5)2-3-10;2*1-5(2,3)4;;/h4*4,10H,2-3H2,1H3;2*1H3,(H,2,3,4);;/q;;;;;;2*+1/p-2. The largest absolute Gasteiger partial charge is 1.00 e. The van der Waals surface area contributed by atoms with Gasteiger partial charge in [-0.25, -0.2) is 55.0 Å². The molecule has 0 unspecified atom stereocenters. The van der Waals surface area contributed by atoms with Crippen molar-refractivity contribution in [2.75, 3.05) is 38.9 Å². The Bertz CT molecular complexity index is 1870. The van der Waals surface area contributed by atoms with Gasteiger partial charge in [-0.3, -0.25) is 0 Å². The third-order valence-electron chi connectivity index (χ3n) is 6.18. The topological polar surface area (TPSA) is 439 Å². The van der Waals surface area contributed by atoms with Crippen molar-refractivity contribution in [2.24, 2.45) is 0 Å². The molecule has 0 aromatic carbocycles. The van der Waals surface area contributed by atoms with Gasteiger partial charge in [0.25, 0.3) is 0 Å². The second kappa shape index (κ2) is 30.6. The number of imidazole rings is 4. The first kappa shape index (κ1) is 62.2. The van der Waals surface area contributed by atoms with Crippen molar-refractivity contribution in [1.29, 1.82) is 0 Å². The van der Waals surface area contributed by atoms with Crippen LogP contribution >= 0.6 is 0 Å². The van der Waals surface area contributed by atoms with Crippen LogP contribution in [0.4, 0.5) is 23.3 Å². The van der Waals surface area contributed by atoms with Gasteiger partial charge in [0.2, 0.25) is 0 Å². The normalized spacial score (nSPS) is 10.1. The van der Waals surface area contributed by atoms with Crippen LogP contribution in [0, 0.1) is 68.2 Å². The number of nitro groups is 4. The Balaban J connectivity index is -0.000000321. The molecule has 0 aliphatic heterocycles. The van der Waals surface area contributed by atoms with E-state index in [4.69, 9.17) is 46.4 Å². The summed E-state index contributed by atoms with van der Waals surface area (Å²) in [4.78, 5) is 54.5. The van der Waals surface area contributed by atoms with Gasteiger partial charge in [0.1, 0.15) is 51.0 Å². The van der Waals surface area contributed by atoms with Crippen molar-refractivity contribution in [3.8, 4) is 0 Å². The summed E-state index contributed by atoms with van der Waals surface area (Å²) in [6, 6.07) is 0. The molecule has 34 heteroatoms. The average molecular weight is 1090 g/mol. The van der Waals surface area contributed by atoms with Crippen LogP contribution < -0.4 is 0 Å². The van der Waals surface area contributed by atoms with Crippen molar-refractivity contribution in [3.63, 3.8) is 0 Å². The summed E-state index contributed by atoms with van der Waals surface area (Å²) in [5.41, 5.74) is 0. The first-order valence-electron chi connectivity index (χ1n) is 15.6. The molecule has 0 aliphatic carbocycles. The van der Waals surface area contributed by atoms with Gasteiger partial charge in [0.15, 0.2) is 23.3 Å². The zero-order valence-electron chi connectivity index (χ0n) is 32.3. The van der Waals surface area contributed by atoms with Gasteiger partial charge in [0, 0.05) is 40.2 Å². The predicted octanol–water partition coefficient (Wildman–Crippen LogP) is -1.31. The van der Waals surface area contributed by atoms with E-state index in [-0.39, 0.29) is 121 Å². The Morgan fingerprint density at radius 1 is 0.467 bits per heavy atom. The van der Waals surface area contributed by atoms with Crippen molar-refractivity contribution in [3.05, 3.63) is 88.5 Å². The third kappa shape index (κ3) is 25.9. The van der Waals surface area contributed by atoms with Crippen LogP contribution in [0.3, 0.4) is 0 Å². The Morgan fingerprint density at radius 3 is 0.700 bits per heavy atom. The molecule has 0 spiro atoms. The number of aryl methyl sites for hydroxylation is 4. The van der Waals surface area contributed by atoms with E-state index >= 15 is 0 Å². The van der Waals surface area contributed by atoms with Crippen LogP contribution in [-0.2, 0) is 91.2 Å². The molecule has 4 N–H and O–H groups in total. The van der Waals surface area contributed by atoms with Crippen LogP contribution in [0.2, 0.25) is 0 Å². The molecule has 0 fully saturated rings. The number of aliphatic hydroxyl groups is 4. The second-order valence-corrected chi connectivity index (χ2v) is 13.4. The molecule has 0 atom stereocenters. The number of rotatable bonds is 12. The van der Waals surface area contributed by atoms with Crippen LogP contribution in [-0.4, -0.2) is 143 Å². The molecular weight excluding hydrogens is 1050 g/mol. The van der Waals surface area contributed by atoms with Crippen LogP contribution in [0.15, 0.2) is 24.8 Å². The minimum Gasteiger partial charge on any atom is -0.748 e. The summed E-state index contributed by atoms with van der Waals surface area (Å²) in [7, 11) is -7.83. The zero-order chi connectivity index (χ0) is 45.6. The first-order valence-corrected chi connectivity index (χ1v) is 19.2. The number of nitrogens with zero attached hydrogens (tertiary/aromatic N) is 12. The molecule has 0 radical (unpaired) electrons. The fraction of sp³-hybridized carbons (Fsp3) is 0.538.